The summed E-state index contributed by atoms with van der Waals surface area (Å²) in [5.41, 5.74) is 1.35. The zero-order valence-electron chi connectivity index (χ0n) is 12.8. The number of rotatable bonds is 3. The van der Waals surface area contributed by atoms with Gasteiger partial charge in [-0.25, -0.2) is 0 Å². The number of hydrogen-bond acceptors (Lipinski definition) is 3. The lowest BCUT2D eigenvalue weighted by Gasteiger charge is -2.11. The maximum atomic E-state index is 12.4. The van der Waals surface area contributed by atoms with Gasteiger partial charge in [0.25, 0.3) is 5.91 Å². The molecule has 1 aromatic heterocycles. The molecule has 120 valence electrons. The number of carbonyl (C=O) groups excluding carboxylic acids is 1. The first-order valence-corrected chi connectivity index (χ1v) is 9.10. The van der Waals surface area contributed by atoms with Crippen molar-refractivity contribution in [3.05, 3.63) is 21.4 Å². The van der Waals surface area contributed by atoms with Gasteiger partial charge >= 0.3 is 5.97 Å². The number of carboxylic acids is 1. The molecule has 0 aliphatic heterocycles. The SMILES string of the molecule is O=C(N[C@H]1CC[C@@H](C(=O)O)C1)c1cc2c(s1)CCCCCC2. The van der Waals surface area contributed by atoms with Crippen LogP contribution in [0.3, 0.4) is 0 Å². The highest BCUT2D eigenvalue weighted by Gasteiger charge is 2.31. The summed E-state index contributed by atoms with van der Waals surface area (Å²) in [5, 5.41) is 12.1. The molecule has 1 saturated carbocycles. The molecule has 3 rings (SSSR count). The van der Waals surface area contributed by atoms with Crippen molar-refractivity contribution in [1.82, 2.24) is 5.32 Å². The lowest BCUT2D eigenvalue weighted by atomic mass is 10.00. The first-order chi connectivity index (χ1) is 10.6. The Bertz CT molecular complexity index is 541. The molecule has 4 nitrogen and oxygen atoms in total. The second-order valence-corrected chi connectivity index (χ2v) is 7.63. The molecular weight excluding hydrogens is 298 g/mol. The summed E-state index contributed by atoms with van der Waals surface area (Å²) in [6.45, 7) is 0. The van der Waals surface area contributed by atoms with E-state index in [2.05, 4.69) is 11.4 Å². The van der Waals surface area contributed by atoms with Crippen LogP contribution in [0.4, 0.5) is 0 Å². The highest BCUT2D eigenvalue weighted by Crippen LogP contribution is 2.30. The van der Waals surface area contributed by atoms with E-state index in [0.29, 0.717) is 12.8 Å². The Morgan fingerprint density at radius 3 is 2.64 bits per heavy atom. The quantitative estimate of drug-likeness (QED) is 0.897. The van der Waals surface area contributed by atoms with Crippen molar-refractivity contribution in [1.29, 1.82) is 0 Å². The number of carboxylic acid groups (broad SMARTS) is 1. The Balaban J connectivity index is 1.63. The van der Waals surface area contributed by atoms with E-state index in [1.807, 2.05) is 0 Å². The summed E-state index contributed by atoms with van der Waals surface area (Å²) in [6.07, 6.45) is 9.20. The number of thiophene rings is 1. The van der Waals surface area contributed by atoms with Crippen molar-refractivity contribution in [3.8, 4) is 0 Å². The summed E-state index contributed by atoms with van der Waals surface area (Å²) in [7, 11) is 0. The monoisotopic (exact) mass is 321 g/mol. The molecule has 1 amide bonds. The number of nitrogens with one attached hydrogen (secondary N) is 1. The Kier molecular flexibility index (Phi) is 4.81. The minimum absolute atomic E-state index is 0.0123. The minimum Gasteiger partial charge on any atom is -0.481 e. The van der Waals surface area contributed by atoms with E-state index < -0.39 is 5.97 Å². The molecule has 0 aromatic carbocycles. The van der Waals surface area contributed by atoms with Crippen LogP contribution in [-0.4, -0.2) is 23.0 Å². The molecule has 0 unspecified atom stereocenters. The Labute approximate surface area is 134 Å². The largest absolute Gasteiger partial charge is 0.481 e. The Morgan fingerprint density at radius 1 is 1.14 bits per heavy atom. The number of carbonyl (C=O) groups is 2. The van der Waals surface area contributed by atoms with Crippen LogP contribution in [-0.2, 0) is 17.6 Å². The van der Waals surface area contributed by atoms with Crippen molar-refractivity contribution in [2.24, 2.45) is 5.92 Å². The van der Waals surface area contributed by atoms with Gasteiger partial charge in [0.2, 0.25) is 0 Å². The number of amides is 1. The first-order valence-electron chi connectivity index (χ1n) is 8.28. The van der Waals surface area contributed by atoms with Gasteiger partial charge in [0, 0.05) is 10.9 Å². The second kappa shape index (κ2) is 6.82. The normalized spacial score (nSPS) is 25.1. The summed E-state index contributed by atoms with van der Waals surface area (Å²) in [5.74, 6) is -1.06. The average molecular weight is 321 g/mol. The second-order valence-electron chi connectivity index (χ2n) is 6.49. The molecule has 0 saturated heterocycles. The zero-order chi connectivity index (χ0) is 15.5. The van der Waals surface area contributed by atoms with E-state index >= 15 is 0 Å². The summed E-state index contributed by atoms with van der Waals surface area (Å²) in [6, 6.07) is 2.07. The number of aliphatic carboxylic acids is 1. The lowest BCUT2D eigenvalue weighted by molar-refractivity contribution is -0.141. The molecule has 2 aliphatic carbocycles. The van der Waals surface area contributed by atoms with Gasteiger partial charge in [0.05, 0.1) is 10.8 Å². The van der Waals surface area contributed by atoms with Crippen LogP contribution in [0, 0.1) is 5.92 Å². The van der Waals surface area contributed by atoms with Crippen LogP contribution in [0.2, 0.25) is 0 Å². The molecule has 0 bridgehead atoms. The lowest BCUT2D eigenvalue weighted by Crippen LogP contribution is -2.32. The van der Waals surface area contributed by atoms with Crippen LogP contribution < -0.4 is 5.32 Å². The summed E-state index contributed by atoms with van der Waals surface area (Å²) in [4.78, 5) is 25.6. The van der Waals surface area contributed by atoms with E-state index in [9.17, 15) is 9.59 Å². The fourth-order valence-electron chi connectivity index (χ4n) is 3.55. The molecule has 1 fully saturated rings. The van der Waals surface area contributed by atoms with Gasteiger partial charge in [-0.1, -0.05) is 12.8 Å². The minimum atomic E-state index is -0.740. The Hall–Kier alpha value is -1.36. The fourth-order valence-corrected chi connectivity index (χ4v) is 4.71. The van der Waals surface area contributed by atoms with Crippen LogP contribution in [0.5, 0.6) is 0 Å². The summed E-state index contributed by atoms with van der Waals surface area (Å²) < 4.78 is 0. The number of aryl methyl sites for hydroxylation is 2. The Morgan fingerprint density at radius 2 is 1.91 bits per heavy atom. The molecule has 22 heavy (non-hydrogen) atoms. The smallest absolute Gasteiger partial charge is 0.306 e. The molecule has 2 N–H and O–H groups in total. The van der Waals surface area contributed by atoms with E-state index in [1.165, 1.54) is 36.1 Å². The molecule has 0 radical (unpaired) electrons. The van der Waals surface area contributed by atoms with Crippen LogP contribution >= 0.6 is 11.3 Å². The molecular formula is C17H23NO3S. The van der Waals surface area contributed by atoms with Crippen LogP contribution in [0.15, 0.2) is 6.07 Å². The first kappa shape index (κ1) is 15.5. The van der Waals surface area contributed by atoms with E-state index in [4.69, 9.17) is 5.11 Å². The zero-order valence-corrected chi connectivity index (χ0v) is 13.6. The predicted octanol–water partition coefficient (Wildman–Crippen LogP) is 3.39. The topological polar surface area (TPSA) is 66.4 Å². The highest BCUT2D eigenvalue weighted by atomic mass is 32.1. The van der Waals surface area contributed by atoms with Gasteiger partial charge in [0.15, 0.2) is 0 Å². The van der Waals surface area contributed by atoms with Crippen LogP contribution in [0.25, 0.3) is 0 Å². The molecule has 1 aromatic rings. The third-order valence-corrected chi connectivity index (χ3v) is 6.07. The van der Waals surface area contributed by atoms with Gasteiger partial charge in [-0.2, -0.15) is 0 Å². The van der Waals surface area contributed by atoms with Crippen molar-refractivity contribution >= 4 is 23.2 Å². The number of fused-ring (bicyclic) bond motifs is 1. The molecule has 2 aliphatic rings. The van der Waals surface area contributed by atoms with Crippen molar-refractivity contribution < 1.29 is 14.7 Å². The fraction of sp³-hybridized carbons (Fsp3) is 0.647. The third-order valence-electron chi connectivity index (χ3n) is 4.84. The van der Waals surface area contributed by atoms with E-state index in [-0.39, 0.29) is 17.9 Å². The number of hydrogen-bond donors (Lipinski definition) is 2. The van der Waals surface area contributed by atoms with Gasteiger partial charge < -0.3 is 10.4 Å². The highest BCUT2D eigenvalue weighted by molar-refractivity contribution is 7.14. The predicted molar refractivity (Wildman–Crippen MR) is 86.4 cm³/mol. The van der Waals surface area contributed by atoms with Gasteiger partial charge in [-0.05, 0) is 56.6 Å². The van der Waals surface area contributed by atoms with Gasteiger partial charge in [-0.3, -0.25) is 9.59 Å². The third kappa shape index (κ3) is 3.51. The molecule has 1 heterocycles. The summed E-state index contributed by atoms with van der Waals surface area (Å²) >= 11 is 1.63. The average Bonchev–Trinajstić information content (AvgIpc) is 3.06. The van der Waals surface area contributed by atoms with E-state index in [1.54, 1.807) is 11.3 Å². The standard InChI is InChI=1S/C17H23NO3S/c19-16(18-13-8-7-12(9-13)17(20)21)15-10-11-5-3-1-2-4-6-14(11)22-15/h10,12-13H,1-9H2,(H,18,19)(H,20,21)/t12-,13+/m1/s1. The maximum Gasteiger partial charge on any atom is 0.306 e. The molecule has 2 atom stereocenters. The maximum absolute atomic E-state index is 12.4. The van der Waals surface area contributed by atoms with Crippen molar-refractivity contribution in [2.75, 3.05) is 0 Å². The van der Waals surface area contributed by atoms with Gasteiger partial charge in [0.1, 0.15) is 0 Å². The van der Waals surface area contributed by atoms with Crippen molar-refractivity contribution in [3.63, 3.8) is 0 Å². The molecule has 0 spiro atoms. The van der Waals surface area contributed by atoms with E-state index in [0.717, 1.165) is 24.1 Å². The van der Waals surface area contributed by atoms with Crippen LogP contribution in [0.1, 0.15) is 65.1 Å². The van der Waals surface area contributed by atoms with Gasteiger partial charge in [-0.15, -0.1) is 11.3 Å². The molecule has 5 heteroatoms. The van der Waals surface area contributed by atoms with Crippen molar-refractivity contribution in [2.45, 2.75) is 63.8 Å².